The van der Waals surface area contributed by atoms with Gasteiger partial charge in [0.2, 0.25) is 5.88 Å². The smallest absolute Gasteiger partial charge is 0.253 e. The van der Waals surface area contributed by atoms with E-state index in [1.807, 2.05) is 49.5 Å². The van der Waals surface area contributed by atoms with Gasteiger partial charge in [-0.3, -0.25) is 4.79 Å². The topological polar surface area (TPSA) is 78.9 Å². The minimum atomic E-state index is 0.0166. The first-order valence-corrected chi connectivity index (χ1v) is 11.5. The maximum Gasteiger partial charge on any atom is 0.253 e. The molecule has 1 fully saturated rings. The average molecular weight is 438 g/mol. The summed E-state index contributed by atoms with van der Waals surface area (Å²) >= 11 is 0. The molecule has 7 nitrogen and oxygen atoms in total. The molecular formula is C25H35N5O2. The van der Waals surface area contributed by atoms with E-state index in [9.17, 15) is 4.79 Å². The van der Waals surface area contributed by atoms with Gasteiger partial charge < -0.3 is 20.3 Å². The van der Waals surface area contributed by atoms with E-state index in [4.69, 9.17) is 4.74 Å². The number of pyridine rings is 1. The first-order chi connectivity index (χ1) is 15.5. The third-order valence-corrected chi connectivity index (χ3v) is 5.44. The second-order valence-electron chi connectivity index (χ2n) is 8.30. The van der Waals surface area contributed by atoms with Crippen LogP contribution in [0.3, 0.4) is 0 Å². The van der Waals surface area contributed by atoms with E-state index < -0.39 is 0 Å². The third kappa shape index (κ3) is 7.25. The van der Waals surface area contributed by atoms with Crippen LogP contribution in [0.4, 0.5) is 0 Å². The lowest BCUT2D eigenvalue weighted by molar-refractivity contribution is 0.0827. The maximum atomic E-state index is 12.2. The Bertz CT molecular complexity index is 889. The van der Waals surface area contributed by atoms with Gasteiger partial charge in [0.1, 0.15) is 6.10 Å². The van der Waals surface area contributed by atoms with E-state index in [2.05, 4.69) is 20.6 Å². The van der Waals surface area contributed by atoms with Crippen molar-refractivity contribution in [2.45, 2.75) is 51.7 Å². The Morgan fingerprint density at radius 1 is 1.16 bits per heavy atom. The normalized spacial score (nSPS) is 14.3. The van der Waals surface area contributed by atoms with Crippen molar-refractivity contribution in [3.8, 4) is 5.88 Å². The molecule has 1 aliphatic rings. The molecule has 0 aliphatic heterocycles. The van der Waals surface area contributed by atoms with Gasteiger partial charge in [-0.15, -0.1) is 0 Å². The molecule has 1 aromatic heterocycles. The lowest BCUT2D eigenvalue weighted by Gasteiger charge is -2.13. The predicted molar refractivity (Wildman–Crippen MR) is 128 cm³/mol. The van der Waals surface area contributed by atoms with Crippen molar-refractivity contribution < 1.29 is 9.53 Å². The number of hydrogen-bond donors (Lipinski definition) is 2. The number of rotatable bonds is 9. The van der Waals surface area contributed by atoms with Crippen molar-refractivity contribution >= 4 is 11.9 Å². The van der Waals surface area contributed by atoms with Gasteiger partial charge in [-0.2, -0.15) is 0 Å². The molecule has 1 amide bonds. The second kappa shape index (κ2) is 12.1. The summed E-state index contributed by atoms with van der Waals surface area (Å²) in [4.78, 5) is 22.9. The number of amides is 1. The fraction of sp³-hybridized carbons (Fsp3) is 0.480. The molecule has 2 N–H and O–H groups in total. The summed E-state index contributed by atoms with van der Waals surface area (Å²) in [6, 6.07) is 11.7. The highest BCUT2D eigenvalue weighted by Crippen LogP contribution is 2.22. The monoisotopic (exact) mass is 437 g/mol. The van der Waals surface area contributed by atoms with Crippen molar-refractivity contribution in [3.63, 3.8) is 0 Å². The van der Waals surface area contributed by atoms with Crippen LogP contribution in [0, 0.1) is 0 Å². The third-order valence-electron chi connectivity index (χ3n) is 5.44. The van der Waals surface area contributed by atoms with Crippen LogP contribution in [-0.4, -0.2) is 55.0 Å². The maximum absolute atomic E-state index is 12.2. The van der Waals surface area contributed by atoms with Gasteiger partial charge in [0.25, 0.3) is 5.91 Å². The highest BCUT2D eigenvalue weighted by atomic mass is 16.5. The number of aromatic nitrogens is 1. The Kier molecular flexibility index (Phi) is 8.90. The standard InChI is InChI=1S/C25H35N5O2/c1-4-26-25(27-15-14-19-8-7-9-21(16-19)24(31)30(2)3)29-18-20-12-13-23(28-17-20)32-22-10-5-6-11-22/h7-9,12-13,16-17,22H,4-6,10-11,14-15,18H2,1-3H3,(H2,26,27,29). The molecule has 172 valence electrons. The van der Waals surface area contributed by atoms with E-state index in [0.717, 1.165) is 49.4 Å². The Labute approximate surface area is 191 Å². The summed E-state index contributed by atoms with van der Waals surface area (Å²) in [6.07, 6.45) is 7.70. The van der Waals surface area contributed by atoms with Crippen LogP contribution in [0.5, 0.6) is 5.88 Å². The molecule has 0 spiro atoms. The van der Waals surface area contributed by atoms with Crippen LogP contribution < -0.4 is 15.4 Å². The number of carbonyl (C=O) groups excluding carboxylic acids is 1. The molecule has 0 bridgehead atoms. The minimum Gasteiger partial charge on any atom is -0.474 e. The minimum absolute atomic E-state index is 0.0166. The van der Waals surface area contributed by atoms with Crippen molar-refractivity contribution in [1.82, 2.24) is 20.5 Å². The average Bonchev–Trinajstić information content (AvgIpc) is 3.31. The number of hydrogen-bond acceptors (Lipinski definition) is 4. The van der Waals surface area contributed by atoms with Gasteiger partial charge >= 0.3 is 0 Å². The number of carbonyl (C=O) groups is 1. The summed E-state index contributed by atoms with van der Waals surface area (Å²) in [5.74, 6) is 1.48. The molecule has 1 aromatic carbocycles. The molecule has 7 heteroatoms. The Morgan fingerprint density at radius 3 is 2.66 bits per heavy atom. The van der Waals surface area contributed by atoms with Crippen molar-refractivity contribution in [2.75, 3.05) is 27.2 Å². The van der Waals surface area contributed by atoms with Crippen LogP contribution >= 0.6 is 0 Å². The molecule has 1 saturated carbocycles. The van der Waals surface area contributed by atoms with Gasteiger partial charge in [-0.05, 0) is 62.3 Å². The Balaban J connectivity index is 1.50. The highest BCUT2D eigenvalue weighted by molar-refractivity contribution is 5.94. The largest absolute Gasteiger partial charge is 0.474 e. The summed E-state index contributed by atoms with van der Waals surface area (Å²) < 4.78 is 5.93. The van der Waals surface area contributed by atoms with Crippen LogP contribution in [0.15, 0.2) is 47.6 Å². The lowest BCUT2D eigenvalue weighted by Crippen LogP contribution is -2.38. The van der Waals surface area contributed by atoms with Gasteiger partial charge in [0.15, 0.2) is 5.96 Å². The number of aliphatic imine (C=N–C) groups is 1. The number of benzene rings is 1. The zero-order valence-corrected chi connectivity index (χ0v) is 19.4. The van der Waals surface area contributed by atoms with E-state index in [1.165, 1.54) is 12.8 Å². The number of nitrogens with zero attached hydrogens (tertiary/aromatic N) is 3. The van der Waals surface area contributed by atoms with E-state index in [-0.39, 0.29) is 5.91 Å². The van der Waals surface area contributed by atoms with Crippen molar-refractivity contribution in [2.24, 2.45) is 4.99 Å². The van der Waals surface area contributed by atoms with Crippen LogP contribution in [0.2, 0.25) is 0 Å². The highest BCUT2D eigenvalue weighted by Gasteiger charge is 2.16. The second-order valence-corrected chi connectivity index (χ2v) is 8.30. The Hall–Kier alpha value is -3.09. The molecule has 2 aromatic rings. The lowest BCUT2D eigenvalue weighted by atomic mass is 10.1. The fourth-order valence-corrected chi connectivity index (χ4v) is 3.71. The number of nitrogens with one attached hydrogen (secondary N) is 2. The summed E-state index contributed by atoms with van der Waals surface area (Å²) in [5, 5.41) is 6.65. The van der Waals surface area contributed by atoms with Gasteiger partial charge in [-0.25, -0.2) is 9.98 Å². The van der Waals surface area contributed by atoms with Crippen LogP contribution in [0.1, 0.15) is 54.1 Å². The summed E-state index contributed by atoms with van der Waals surface area (Å²) in [7, 11) is 3.53. The Morgan fingerprint density at radius 2 is 1.97 bits per heavy atom. The van der Waals surface area contributed by atoms with Crippen molar-refractivity contribution in [3.05, 3.63) is 59.3 Å². The zero-order valence-electron chi connectivity index (χ0n) is 19.4. The summed E-state index contributed by atoms with van der Waals surface area (Å²) in [6.45, 7) is 4.09. The van der Waals surface area contributed by atoms with Crippen LogP contribution in [-0.2, 0) is 13.0 Å². The van der Waals surface area contributed by atoms with Gasteiger partial charge in [0, 0.05) is 45.0 Å². The quantitative estimate of drug-likeness (QED) is 0.464. The summed E-state index contributed by atoms with van der Waals surface area (Å²) in [5.41, 5.74) is 2.86. The zero-order chi connectivity index (χ0) is 22.8. The molecule has 32 heavy (non-hydrogen) atoms. The van der Waals surface area contributed by atoms with Gasteiger partial charge in [0.05, 0.1) is 6.54 Å². The number of ether oxygens (including phenoxy) is 1. The molecule has 0 radical (unpaired) electrons. The molecule has 0 unspecified atom stereocenters. The van der Waals surface area contributed by atoms with Gasteiger partial charge in [-0.1, -0.05) is 18.2 Å². The SMILES string of the molecule is CCNC(=NCc1ccc(OC2CCCC2)nc1)NCCc1cccc(C(=O)N(C)C)c1. The number of guanidine groups is 1. The molecular weight excluding hydrogens is 402 g/mol. The first-order valence-electron chi connectivity index (χ1n) is 11.5. The van der Waals surface area contributed by atoms with Crippen LogP contribution in [0.25, 0.3) is 0 Å². The van der Waals surface area contributed by atoms with E-state index >= 15 is 0 Å². The molecule has 1 aliphatic carbocycles. The molecule has 3 rings (SSSR count). The molecule has 0 saturated heterocycles. The first kappa shape index (κ1) is 23.6. The predicted octanol–water partition coefficient (Wildman–Crippen LogP) is 3.40. The fourth-order valence-electron chi connectivity index (χ4n) is 3.71. The van der Waals surface area contributed by atoms with E-state index in [1.54, 1.807) is 19.0 Å². The molecule has 0 atom stereocenters. The molecule has 1 heterocycles. The van der Waals surface area contributed by atoms with Crippen molar-refractivity contribution in [1.29, 1.82) is 0 Å². The van der Waals surface area contributed by atoms with E-state index in [0.29, 0.717) is 24.1 Å².